The third-order valence-corrected chi connectivity index (χ3v) is 3.09. The van der Waals surface area contributed by atoms with Gasteiger partial charge in [-0.25, -0.2) is 4.79 Å². The smallest absolute Gasteiger partial charge is 0.345 e. The van der Waals surface area contributed by atoms with Crippen molar-refractivity contribution in [1.29, 1.82) is 0 Å². The quantitative estimate of drug-likeness (QED) is 0.311. The molecule has 1 rings (SSSR count). The zero-order valence-corrected chi connectivity index (χ0v) is 12.0. The average molecular weight is 279 g/mol. The molecular weight excluding hydrogens is 258 g/mol. The third kappa shape index (κ3) is 4.99. The summed E-state index contributed by atoms with van der Waals surface area (Å²) < 4.78 is 5.26. The maximum absolute atomic E-state index is 11.9. The molecule has 0 aliphatic rings. The second-order valence-electron chi connectivity index (χ2n) is 4.84. The Morgan fingerprint density at radius 3 is 2.65 bits per heavy atom. The van der Waals surface area contributed by atoms with Crippen LogP contribution in [0.5, 0.6) is 0 Å². The topological polar surface area (TPSA) is 69.4 Å². The summed E-state index contributed by atoms with van der Waals surface area (Å²) >= 11 is 0. The minimum absolute atomic E-state index is 0.0120. The van der Waals surface area contributed by atoms with Crippen LogP contribution in [-0.4, -0.2) is 17.0 Å². The van der Waals surface area contributed by atoms with Gasteiger partial charge in [-0.3, -0.25) is 10.1 Å². The second-order valence-corrected chi connectivity index (χ2v) is 4.84. The molecule has 0 saturated carbocycles. The Morgan fingerprint density at radius 1 is 1.30 bits per heavy atom. The summed E-state index contributed by atoms with van der Waals surface area (Å²) in [4.78, 5) is 22.2. The minimum Gasteiger partial charge on any atom is -0.459 e. The summed E-state index contributed by atoms with van der Waals surface area (Å²) in [6.07, 6.45) is 5.00. The standard InChI is InChI=1S/C15H21NO4/c1-3-4-5-6-9-12(2)20-15(17)13-10-7-8-11-14(13)16(18)19/h7-8,10-12H,3-6,9H2,1-2H3/t12-/m0/s1. The van der Waals surface area contributed by atoms with Crippen molar-refractivity contribution in [1.82, 2.24) is 0 Å². The summed E-state index contributed by atoms with van der Waals surface area (Å²) in [6.45, 7) is 3.95. The van der Waals surface area contributed by atoms with Crippen molar-refractivity contribution in [2.45, 2.75) is 52.1 Å². The van der Waals surface area contributed by atoms with Crippen LogP contribution in [0.4, 0.5) is 5.69 Å². The van der Waals surface area contributed by atoms with Crippen LogP contribution in [0, 0.1) is 10.1 Å². The molecule has 1 aromatic carbocycles. The SMILES string of the molecule is CCCCCC[C@H](C)OC(=O)c1ccccc1[N+](=O)[O-]. The zero-order valence-electron chi connectivity index (χ0n) is 12.0. The van der Waals surface area contributed by atoms with Crippen LogP contribution in [0.3, 0.4) is 0 Å². The van der Waals surface area contributed by atoms with Crippen LogP contribution in [0.25, 0.3) is 0 Å². The number of ether oxygens (including phenoxy) is 1. The van der Waals surface area contributed by atoms with Crippen molar-refractivity contribution in [2.24, 2.45) is 0 Å². The number of hydrogen-bond acceptors (Lipinski definition) is 4. The molecule has 0 aliphatic carbocycles. The van der Waals surface area contributed by atoms with Gasteiger partial charge in [0, 0.05) is 6.07 Å². The number of esters is 1. The fraction of sp³-hybridized carbons (Fsp3) is 0.533. The number of nitrogens with zero attached hydrogens (tertiary/aromatic N) is 1. The molecule has 0 saturated heterocycles. The molecule has 0 radical (unpaired) electrons. The molecule has 0 aliphatic heterocycles. The molecule has 20 heavy (non-hydrogen) atoms. The van der Waals surface area contributed by atoms with Gasteiger partial charge in [0.1, 0.15) is 5.56 Å². The van der Waals surface area contributed by atoms with E-state index in [2.05, 4.69) is 6.92 Å². The summed E-state index contributed by atoms with van der Waals surface area (Å²) in [5.74, 6) is -0.625. The van der Waals surface area contributed by atoms with E-state index in [-0.39, 0.29) is 17.4 Å². The summed E-state index contributed by atoms with van der Waals surface area (Å²) in [5, 5.41) is 10.9. The van der Waals surface area contributed by atoms with E-state index < -0.39 is 10.9 Å². The predicted octanol–water partition coefficient (Wildman–Crippen LogP) is 4.11. The van der Waals surface area contributed by atoms with E-state index in [0.29, 0.717) is 0 Å². The number of carbonyl (C=O) groups is 1. The Balaban J connectivity index is 2.56. The monoisotopic (exact) mass is 279 g/mol. The van der Waals surface area contributed by atoms with Crippen molar-refractivity contribution in [3.63, 3.8) is 0 Å². The van der Waals surface area contributed by atoms with E-state index in [1.165, 1.54) is 24.6 Å². The fourth-order valence-corrected chi connectivity index (χ4v) is 1.97. The molecule has 0 spiro atoms. The number of hydrogen-bond donors (Lipinski definition) is 0. The van der Waals surface area contributed by atoms with Crippen LogP contribution >= 0.6 is 0 Å². The van der Waals surface area contributed by atoms with Gasteiger partial charge in [0.05, 0.1) is 11.0 Å². The van der Waals surface area contributed by atoms with Gasteiger partial charge in [0.15, 0.2) is 0 Å². The summed E-state index contributed by atoms with van der Waals surface area (Å²) in [5.41, 5.74) is -0.200. The van der Waals surface area contributed by atoms with E-state index >= 15 is 0 Å². The van der Waals surface area contributed by atoms with Crippen molar-refractivity contribution >= 4 is 11.7 Å². The molecule has 0 unspecified atom stereocenters. The van der Waals surface area contributed by atoms with Gasteiger partial charge in [-0.1, -0.05) is 38.3 Å². The lowest BCUT2D eigenvalue weighted by atomic mass is 10.1. The molecule has 5 heteroatoms. The second kappa shape index (κ2) is 8.30. The number of para-hydroxylation sites is 1. The van der Waals surface area contributed by atoms with Crippen molar-refractivity contribution in [3.05, 3.63) is 39.9 Å². The lowest BCUT2D eigenvalue weighted by Gasteiger charge is -2.13. The molecule has 5 nitrogen and oxygen atoms in total. The van der Waals surface area contributed by atoms with Gasteiger partial charge in [0.25, 0.3) is 5.69 Å². The van der Waals surface area contributed by atoms with Crippen LogP contribution in [0.15, 0.2) is 24.3 Å². The van der Waals surface area contributed by atoms with Crippen molar-refractivity contribution in [2.75, 3.05) is 0 Å². The lowest BCUT2D eigenvalue weighted by molar-refractivity contribution is -0.385. The highest BCUT2D eigenvalue weighted by atomic mass is 16.6. The number of nitro groups is 1. The number of rotatable bonds is 8. The van der Waals surface area contributed by atoms with E-state index in [9.17, 15) is 14.9 Å². The molecule has 0 amide bonds. The van der Waals surface area contributed by atoms with Gasteiger partial charge >= 0.3 is 5.97 Å². The van der Waals surface area contributed by atoms with E-state index in [1.807, 2.05) is 6.92 Å². The maximum atomic E-state index is 11.9. The molecule has 0 aromatic heterocycles. The molecule has 0 fully saturated rings. The fourth-order valence-electron chi connectivity index (χ4n) is 1.97. The van der Waals surface area contributed by atoms with E-state index in [0.717, 1.165) is 25.7 Å². The first-order chi connectivity index (χ1) is 9.56. The molecule has 0 heterocycles. The third-order valence-electron chi connectivity index (χ3n) is 3.09. The van der Waals surface area contributed by atoms with Gasteiger partial charge < -0.3 is 4.74 Å². The molecule has 1 atom stereocenters. The zero-order chi connectivity index (χ0) is 15.0. The normalized spacial score (nSPS) is 11.9. The summed E-state index contributed by atoms with van der Waals surface area (Å²) in [6, 6.07) is 5.85. The molecule has 0 N–H and O–H groups in total. The minimum atomic E-state index is -0.625. The average Bonchev–Trinajstić information content (AvgIpc) is 2.43. The van der Waals surface area contributed by atoms with Crippen LogP contribution in [-0.2, 0) is 4.74 Å². The number of benzene rings is 1. The van der Waals surface area contributed by atoms with Gasteiger partial charge in [0.2, 0.25) is 0 Å². The summed E-state index contributed by atoms with van der Waals surface area (Å²) in [7, 11) is 0. The van der Waals surface area contributed by atoms with Crippen molar-refractivity contribution < 1.29 is 14.5 Å². The Kier molecular flexibility index (Phi) is 6.70. The van der Waals surface area contributed by atoms with Gasteiger partial charge in [-0.05, 0) is 25.8 Å². The number of carbonyl (C=O) groups excluding carboxylic acids is 1. The van der Waals surface area contributed by atoms with Crippen molar-refractivity contribution in [3.8, 4) is 0 Å². The van der Waals surface area contributed by atoms with Crippen LogP contribution < -0.4 is 0 Å². The predicted molar refractivity (Wildman–Crippen MR) is 76.7 cm³/mol. The number of unbranched alkanes of at least 4 members (excludes halogenated alkanes) is 3. The Bertz CT molecular complexity index is 459. The Hall–Kier alpha value is -1.91. The first kappa shape index (κ1) is 16.1. The highest BCUT2D eigenvalue weighted by Gasteiger charge is 2.21. The highest BCUT2D eigenvalue weighted by molar-refractivity contribution is 5.93. The molecule has 0 bridgehead atoms. The lowest BCUT2D eigenvalue weighted by Crippen LogP contribution is -2.16. The molecular formula is C15H21NO4. The first-order valence-electron chi connectivity index (χ1n) is 7.00. The maximum Gasteiger partial charge on any atom is 0.345 e. The Labute approximate surface area is 119 Å². The Morgan fingerprint density at radius 2 is 2.00 bits per heavy atom. The highest BCUT2D eigenvalue weighted by Crippen LogP contribution is 2.20. The van der Waals surface area contributed by atoms with Crippen LogP contribution in [0.2, 0.25) is 0 Å². The van der Waals surface area contributed by atoms with Crippen LogP contribution in [0.1, 0.15) is 56.3 Å². The van der Waals surface area contributed by atoms with Gasteiger partial charge in [-0.2, -0.15) is 0 Å². The van der Waals surface area contributed by atoms with E-state index in [1.54, 1.807) is 6.07 Å². The molecule has 1 aromatic rings. The molecule has 110 valence electrons. The van der Waals surface area contributed by atoms with E-state index in [4.69, 9.17) is 4.74 Å². The number of nitro benzene ring substituents is 1. The van der Waals surface area contributed by atoms with Gasteiger partial charge in [-0.15, -0.1) is 0 Å². The first-order valence-corrected chi connectivity index (χ1v) is 7.00. The largest absolute Gasteiger partial charge is 0.459 e.